The lowest BCUT2D eigenvalue weighted by atomic mass is 10.1. The van der Waals surface area contributed by atoms with Gasteiger partial charge in [0.05, 0.1) is 6.61 Å². The Morgan fingerprint density at radius 2 is 2.12 bits per heavy atom. The maximum Gasteiger partial charge on any atom is 0.213 e. The molecule has 1 atom stereocenters. The highest BCUT2D eigenvalue weighted by Crippen LogP contribution is 2.39. The highest BCUT2D eigenvalue weighted by molar-refractivity contribution is 5.22. The molecule has 2 saturated carbocycles. The van der Waals surface area contributed by atoms with E-state index >= 15 is 0 Å². The molecule has 1 heterocycles. The standard InChI is InChI=1S/C13H18N2O/c14-13(10-3-4-10)11-5-6-12(15-7-11)16-8-9-1-2-9/h5-7,9-10,13H,1-4,8,14H2. The number of nitrogens with two attached hydrogens (primary N) is 1. The third-order valence-electron chi connectivity index (χ3n) is 3.44. The first-order valence-corrected chi connectivity index (χ1v) is 6.17. The summed E-state index contributed by atoms with van der Waals surface area (Å²) in [5.41, 5.74) is 7.24. The lowest BCUT2D eigenvalue weighted by Gasteiger charge is -2.10. The molecule has 1 aromatic rings. The van der Waals surface area contributed by atoms with E-state index in [-0.39, 0.29) is 6.04 Å². The van der Waals surface area contributed by atoms with E-state index in [0.29, 0.717) is 5.92 Å². The second-order valence-electron chi connectivity index (χ2n) is 5.05. The highest BCUT2D eigenvalue weighted by atomic mass is 16.5. The molecule has 2 aliphatic carbocycles. The molecule has 0 aliphatic heterocycles. The Morgan fingerprint density at radius 1 is 1.31 bits per heavy atom. The van der Waals surface area contributed by atoms with Gasteiger partial charge in [0, 0.05) is 18.3 Å². The molecule has 3 heteroatoms. The van der Waals surface area contributed by atoms with Crippen LogP contribution in [-0.4, -0.2) is 11.6 Å². The lowest BCUT2D eigenvalue weighted by Crippen LogP contribution is -2.12. The average Bonchev–Trinajstić information content (AvgIpc) is 3.19. The first-order valence-electron chi connectivity index (χ1n) is 6.17. The van der Waals surface area contributed by atoms with Gasteiger partial charge in [0.15, 0.2) is 0 Å². The number of hydrogen-bond donors (Lipinski definition) is 1. The van der Waals surface area contributed by atoms with E-state index in [4.69, 9.17) is 10.5 Å². The summed E-state index contributed by atoms with van der Waals surface area (Å²) in [5, 5.41) is 0. The third kappa shape index (κ3) is 2.35. The second kappa shape index (κ2) is 4.06. The first-order chi connectivity index (χ1) is 7.83. The molecular formula is C13H18N2O. The molecule has 2 N–H and O–H groups in total. The zero-order chi connectivity index (χ0) is 11.0. The number of rotatable bonds is 5. The minimum atomic E-state index is 0.171. The van der Waals surface area contributed by atoms with Gasteiger partial charge in [-0.15, -0.1) is 0 Å². The largest absolute Gasteiger partial charge is 0.477 e. The summed E-state index contributed by atoms with van der Waals surface area (Å²) in [5.74, 6) is 2.19. The van der Waals surface area contributed by atoms with Crippen molar-refractivity contribution < 1.29 is 4.74 Å². The number of nitrogens with zero attached hydrogens (tertiary/aromatic N) is 1. The van der Waals surface area contributed by atoms with Crippen LogP contribution in [0.15, 0.2) is 18.3 Å². The fourth-order valence-electron chi connectivity index (χ4n) is 1.89. The topological polar surface area (TPSA) is 48.1 Å². The van der Waals surface area contributed by atoms with Crippen LogP contribution >= 0.6 is 0 Å². The zero-order valence-electron chi connectivity index (χ0n) is 9.43. The molecule has 0 spiro atoms. The molecular weight excluding hydrogens is 200 g/mol. The van der Waals surface area contributed by atoms with Crippen LogP contribution in [0.25, 0.3) is 0 Å². The van der Waals surface area contributed by atoms with Crippen molar-refractivity contribution in [3.8, 4) is 5.88 Å². The SMILES string of the molecule is NC(c1ccc(OCC2CC2)nc1)C1CC1. The Kier molecular flexibility index (Phi) is 2.56. The zero-order valence-corrected chi connectivity index (χ0v) is 9.43. The normalized spacial score (nSPS) is 21.8. The second-order valence-corrected chi connectivity index (χ2v) is 5.05. The quantitative estimate of drug-likeness (QED) is 0.824. The maximum atomic E-state index is 6.10. The molecule has 1 unspecified atom stereocenters. The third-order valence-corrected chi connectivity index (χ3v) is 3.44. The molecule has 3 nitrogen and oxygen atoms in total. The van der Waals surface area contributed by atoms with E-state index in [2.05, 4.69) is 11.1 Å². The Labute approximate surface area is 96.0 Å². The predicted molar refractivity (Wildman–Crippen MR) is 62.1 cm³/mol. The molecule has 0 radical (unpaired) electrons. The average molecular weight is 218 g/mol. The minimum absolute atomic E-state index is 0.171. The molecule has 0 bridgehead atoms. The predicted octanol–water partition coefficient (Wildman–Crippen LogP) is 2.28. The monoisotopic (exact) mass is 218 g/mol. The fraction of sp³-hybridized carbons (Fsp3) is 0.615. The summed E-state index contributed by atoms with van der Waals surface area (Å²) in [7, 11) is 0. The van der Waals surface area contributed by atoms with Crippen molar-refractivity contribution in [3.05, 3.63) is 23.9 Å². The first kappa shape index (κ1) is 10.1. The molecule has 86 valence electrons. The Balaban J connectivity index is 1.59. The summed E-state index contributed by atoms with van der Waals surface area (Å²) in [6, 6.07) is 4.17. The highest BCUT2D eigenvalue weighted by Gasteiger charge is 2.29. The van der Waals surface area contributed by atoms with Crippen LogP contribution in [-0.2, 0) is 0 Å². The van der Waals surface area contributed by atoms with Gasteiger partial charge in [-0.3, -0.25) is 0 Å². The van der Waals surface area contributed by atoms with Gasteiger partial charge in [0.1, 0.15) is 0 Å². The number of pyridine rings is 1. The number of ether oxygens (including phenoxy) is 1. The van der Waals surface area contributed by atoms with Gasteiger partial charge < -0.3 is 10.5 Å². The van der Waals surface area contributed by atoms with E-state index in [9.17, 15) is 0 Å². The number of hydrogen-bond acceptors (Lipinski definition) is 3. The Bertz CT molecular complexity index is 355. The van der Waals surface area contributed by atoms with Gasteiger partial charge >= 0.3 is 0 Å². The molecule has 0 aromatic carbocycles. The van der Waals surface area contributed by atoms with Gasteiger partial charge in [-0.2, -0.15) is 0 Å². The summed E-state index contributed by atoms with van der Waals surface area (Å²) in [6.45, 7) is 0.820. The van der Waals surface area contributed by atoms with Gasteiger partial charge in [-0.05, 0) is 43.1 Å². The molecule has 1 aromatic heterocycles. The van der Waals surface area contributed by atoms with Crippen LogP contribution in [0.5, 0.6) is 5.88 Å². The van der Waals surface area contributed by atoms with Crippen LogP contribution < -0.4 is 10.5 Å². The van der Waals surface area contributed by atoms with Gasteiger partial charge in [-0.25, -0.2) is 4.98 Å². The number of aromatic nitrogens is 1. The van der Waals surface area contributed by atoms with Crippen LogP contribution in [0, 0.1) is 11.8 Å². The van der Waals surface area contributed by atoms with Gasteiger partial charge in [0.25, 0.3) is 0 Å². The lowest BCUT2D eigenvalue weighted by molar-refractivity contribution is 0.288. The summed E-state index contributed by atoms with van der Waals surface area (Å²) < 4.78 is 5.59. The maximum absolute atomic E-state index is 6.10. The van der Waals surface area contributed by atoms with Crippen molar-refractivity contribution in [2.45, 2.75) is 31.7 Å². The van der Waals surface area contributed by atoms with E-state index in [1.54, 1.807) is 0 Å². The minimum Gasteiger partial charge on any atom is -0.477 e. The van der Waals surface area contributed by atoms with Crippen molar-refractivity contribution in [2.75, 3.05) is 6.61 Å². The smallest absolute Gasteiger partial charge is 0.213 e. The van der Waals surface area contributed by atoms with Crippen molar-refractivity contribution in [3.63, 3.8) is 0 Å². The molecule has 0 saturated heterocycles. The Hall–Kier alpha value is -1.09. The van der Waals surface area contributed by atoms with Crippen molar-refractivity contribution in [1.29, 1.82) is 0 Å². The molecule has 16 heavy (non-hydrogen) atoms. The summed E-state index contributed by atoms with van der Waals surface area (Å²) in [4.78, 5) is 4.31. The van der Waals surface area contributed by atoms with E-state index < -0.39 is 0 Å². The van der Waals surface area contributed by atoms with E-state index in [0.717, 1.165) is 24.0 Å². The fourth-order valence-corrected chi connectivity index (χ4v) is 1.89. The molecule has 3 rings (SSSR count). The van der Waals surface area contributed by atoms with Crippen LogP contribution in [0.1, 0.15) is 37.3 Å². The molecule has 2 aliphatic rings. The van der Waals surface area contributed by atoms with Gasteiger partial charge in [-0.1, -0.05) is 6.07 Å². The van der Waals surface area contributed by atoms with E-state index in [1.807, 2.05) is 12.3 Å². The van der Waals surface area contributed by atoms with Crippen molar-refractivity contribution in [1.82, 2.24) is 4.98 Å². The van der Waals surface area contributed by atoms with Crippen LogP contribution in [0.4, 0.5) is 0 Å². The molecule has 0 amide bonds. The molecule has 2 fully saturated rings. The Morgan fingerprint density at radius 3 is 2.69 bits per heavy atom. The van der Waals surface area contributed by atoms with Crippen LogP contribution in [0.3, 0.4) is 0 Å². The van der Waals surface area contributed by atoms with Gasteiger partial charge in [0.2, 0.25) is 5.88 Å². The van der Waals surface area contributed by atoms with E-state index in [1.165, 1.54) is 25.7 Å². The van der Waals surface area contributed by atoms with Crippen LogP contribution in [0.2, 0.25) is 0 Å². The van der Waals surface area contributed by atoms with Crippen molar-refractivity contribution >= 4 is 0 Å². The summed E-state index contributed by atoms with van der Waals surface area (Å²) >= 11 is 0. The summed E-state index contributed by atoms with van der Waals surface area (Å²) in [6.07, 6.45) is 7.02. The van der Waals surface area contributed by atoms with Crippen molar-refractivity contribution in [2.24, 2.45) is 17.6 Å².